The van der Waals surface area contributed by atoms with Crippen molar-refractivity contribution in [3.63, 3.8) is 0 Å². The third kappa shape index (κ3) is 9.90. The molecule has 236 valence electrons. The van der Waals surface area contributed by atoms with Crippen molar-refractivity contribution in [3.05, 3.63) is 59.2 Å². The fraction of sp³-hybridized carbons (Fsp3) is 0.500. The van der Waals surface area contributed by atoms with Gasteiger partial charge in [0.15, 0.2) is 11.5 Å². The number of carboxylic acid groups (broad SMARTS) is 1. The first kappa shape index (κ1) is 33.7. The zero-order valence-corrected chi connectivity index (χ0v) is 24.7. The average molecular weight is 604 g/mol. The van der Waals surface area contributed by atoms with Gasteiger partial charge in [0.05, 0.1) is 38.9 Å². The third-order valence-electron chi connectivity index (χ3n) is 7.32. The predicted octanol–water partition coefficient (Wildman–Crippen LogP) is 2.75. The summed E-state index contributed by atoms with van der Waals surface area (Å²) < 4.78 is 16.4. The molecule has 13 nitrogen and oxygen atoms in total. The first-order valence-electron chi connectivity index (χ1n) is 14.2. The molecular weight excluding hydrogens is 562 g/mol. The summed E-state index contributed by atoms with van der Waals surface area (Å²) in [5.41, 5.74) is 2.58. The fourth-order valence-corrected chi connectivity index (χ4v) is 5.01. The first-order chi connectivity index (χ1) is 20.6. The minimum absolute atomic E-state index is 0.0848. The van der Waals surface area contributed by atoms with Crippen LogP contribution in [0.3, 0.4) is 0 Å². The number of esters is 1. The minimum Gasteiger partial charge on any atom is -0.493 e. The molecule has 3 unspecified atom stereocenters. The molecule has 0 saturated heterocycles. The Kier molecular flexibility index (Phi) is 13.2. The van der Waals surface area contributed by atoms with E-state index in [9.17, 15) is 19.5 Å². The van der Waals surface area contributed by atoms with Crippen molar-refractivity contribution in [3.8, 4) is 11.5 Å². The Bertz CT molecular complexity index is 1210. The molecule has 0 radical (unpaired) electrons. The van der Waals surface area contributed by atoms with Crippen LogP contribution in [0.4, 0.5) is 0 Å². The van der Waals surface area contributed by atoms with E-state index in [-0.39, 0.29) is 38.0 Å². The lowest BCUT2D eigenvalue weighted by atomic mass is 9.92. The second kappa shape index (κ2) is 16.8. The minimum atomic E-state index is -1.07. The number of rotatable bonds is 17. The van der Waals surface area contributed by atoms with Crippen LogP contribution >= 0.6 is 0 Å². The summed E-state index contributed by atoms with van der Waals surface area (Å²) >= 11 is 0. The third-order valence-corrected chi connectivity index (χ3v) is 7.32. The Balaban J connectivity index is 1.72. The van der Waals surface area contributed by atoms with E-state index in [4.69, 9.17) is 24.6 Å². The predicted molar refractivity (Wildman–Crippen MR) is 153 cm³/mol. The summed E-state index contributed by atoms with van der Waals surface area (Å²) in [6.45, 7) is 1.88. The number of carbonyl (C=O) groups excluding carboxylic acids is 2. The number of aryl methyl sites for hydroxylation is 1. The number of nitrogens with one attached hydrogen (secondary N) is 1. The van der Waals surface area contributed by atoms with Gasteiger partial charge in [-0.3, -0.25) is 30.2 Å². The molecule has 3 atom stereocenters. The van der Waals surface area contributed by atoms with Crippen LogP contribution in [0.1, 0.15) is 49.3 Å². The highest BCUT2D eigenvalue weighted by atomic mass is 17.1. The molecular formula is C30H41N3O10. The number of unbranched alkanes of at least 4 members (excludes halogenated alkanes) is 2. The van der Waals surface area contributed by atoms with Crippen molar-refractivity contribution >= 4 is 17.8 Å². The standard InChI is InChI=1S/C30H41N3O10/c1-20(31-24(29(35)36)13-12-21-10-6-4-7-11-21)28(34)32-19-23-18-27(41-3)26(40-2)17-22(23)16-25(32)30(37)42-14-8-5-9-15-43-33(38)39/h4,6-7,10-11,17-18,20,24-25,31,38-39H,5,8-9,12-16,19H2,1-3H3,(H,35,36). The van der Waals surface area contributed by atoms with Gasteiger partial charge in [-0.05, 0) is 67.9 Å². The molecule has 1 heterocycles. The van der Waals surface area contributed by atoms with Gasteiger partial charge in [0, 0.05) is 13.0 Å². The van der Waals surface area contributed by atoms with Gasteiger partial charge in [0.1, 0.15) is 12.1 Å². The van der Waals surface area contributed by atoms with Gasteiger partial charge < -0.3 is 24.2 Å². The number of carbonyl (C=O) groups is 3. The summed E-state index contributed by atoms with van der Waals surface area (Å²) in [7, 11) is 3.03. The number of nitrogens with zero attached hydrogens (tertiary/aromatic N) is 2. The van der Waals surface area contributed by atoms with Crippen molar-refractivity contribution < 1.29 is 49.0 Å². The number of ether oxygens (including phenoxy) is 3. The Labute approximate surface area is 250 Å². The highest BCUT2D eigenvalue weighted by Gasteiger charge is 2.38. The molecule has 2 aromatic rings. The van der Waals surface area contributed by atoms with Gasteiger partial charge in [-0.2, -0.15) is 0 Å². The zero-order chi connectivity index (χ0) is 31.4. The molecule has 3 rings (SSSR count). The van der Waals surface area contributed by atoms with Gasteiger partial charge >= 0.3 is 11.9 Å². The number of methoxy groups -OCH3 is 2. The van der Waals surface area contributed by atoms with Gasteiger partial charge in [0.25, 0.3) is 0 Å². The number of fused-ring (bicyclic) bond motifs is 1. The lowest BCUT2D eigenvalue weighted by molar-refractivity contribution is -0.492. The number of hydrogen-bond acceptors (Lipinski definition) is 11. The summed E-state index contributed by atoms with van der Waals surface area (Å²) in [4.78, 5) is 45.1. The summed E-state index contributed by atoms with van der Waals surface area (Å²) in [5.74, 6) is -1.08. The SMILES string of the molecule is COc1cc2c(cc1OC)CN(C(=O)C(C)NC(CCc1ccccc1)C(=O)O)C(C(=O)OCCCCCON(O)O)C2. The molecule has 4 N–H and O–H groups in total. The summed E-state index contributed by atoms with van der Waals surface area (Å²) in [5, 5.41) is 29.6. The maximum absolute atomic E-state index is 13.8. The topological polar surface area (TPSA) is 167 Å². The van der Waals surface area contributed by atoms with Crippen LogP contribution in [-0.2, 0) is 43.3 Å². The van der Waals surface area contributed by atoms with E-state index < -0.39 is 36.0 Å². The van der Waals surface area contributed by atoms with Crippen molar-refractivity contribution in [1.82, 2.24) is 15.6 Å². The number of benzene rings is 2. The molecule has 2 aromatic carbocycles. The lowest BCUT2D eigenvalue weighted by Gasteiger charge is -2.37. The molecule has 0 spiro atoms. The van der Waals surface area contributed by atoms with Crippen molar-refractivity contribution in [2.75, 3.05) is 27.4 Å². The van der Waals surface area contributed by atoms with Crippen LogP contribution < -0.4 is 14.8 Å². The van der Waals surface area contributed by atoms with Gasteiger partial charge in [-0.25, -0.2) is 4.79 Å². The largest absolute Gasteiger partial charge is 0.493 e. The number of hydrogen-bond donors (Lipinski definition) is 4. The average Bonchev–Trinajstić information content (AvgIpc) is 3.00. The number of aliphatic carboxylic acids is 1. The first-order valence-corrected chi connectivity index (χ1v) is 14.2. The maximum atomic E-state index is 13.8. The highest BCUT2D eigenvalue weighted by Crippen LogP contribution is 2.35. The normalized spacial score (nSPS) is 15.9. The lowest BCUT2D eigenvalue weighted by Crippen LogP contribution is -2.56. The molecule has 1 aliphatic rings. The molecule has 0 saturated carbocycles. The highest BCUT2D eigenvalue weighted by molar-refractivity contribution is 5.89. The van der Waals surface area contributed by atoms with Gasteiger partial charge in [0.2, 0.25) is 5.91 Å². The van der Waals surface area contributed by atoms with Crippen LogP contribution in [-0.4, -0.2) is 89.2 Å². The van der Waals surface area contributed by atoms with E-state index in [0.29, 0.717) is 37.2 Å². The van der Waals surface area contributed by atoms with Crippen LogP contribution in [0, 0.1) is 0 Å². The summed E-state index contributed by atoms with van der Waals surface area (Å²) in [6, 6.07) is 10.3. The van der Waals surface area contributed by atoms with Crippen molar-refractivity contribution in [1.29, 1.82) is 0 Å². The van der Waals surface area contributed by atoms with Crippen LogP contribution in [0.2, 0.25) is 0 Å². The molecule has 0 bridgehead atoms. The van der Waals surface area contributed by atoms with E-state index in [2.05, 4.69) is 10.2 Å². The molecule has 1 aliphatic heterocycles. The molecule has 0 aliphatic carbocycles. The number of amides is 1. The maximum Gasteiger partial charge on any atom is 0.329 e. The Morgan fingerprint density at radius 1 is 1.00 bits per heavy atom. The smallest absolute Gasteiger partial charge is 0.329 e. The van der Waals surface area contributed by atoms with E-state index in [1.807, 2.05) is 30.3 Å². The van der Waals surface area contributed by atoms with Crippen LogP contribution in [0.25, 0.3) is 0 Å². The Morgan fingerprint density at radius 3 is 2.28 bits per heavy atom. The number of carboxylic acids is 1. The van der Waals surface area contributed by atoms with Crippen molar-refractivity contribution in [2.45, 2.75) is 70.1 Å². The van der Waals surface area contributed by atoms with Crippen molar-refractivity contribution in [2.24, 2.45) is 0 Å². The van der Waals surface area contributed by atoms with Gasteiger partial charge in [-0.15, -0.1) is 0 Å². The second-order valence-electron chi connectivity index (χ2n) is 10.3. The fourth-order valence-electron chi connectivity index (χ4n) is 5.01. The molecule has 0 fully saturated rings. The Hall–Kier alpha value is -3.75. The van der Waals surface area contributed by atoms with E-state index in [1.165, 1.54) is 19.1 Å². The summed E-state index contributed by atoms with van der Waals surface area (Å²) in [6.07, 6.45) is 2.60. The van der Waals surface area contributed by atoms with Gasteiger partial charge in [-0.1, -0.05) is 30.3 Å². The van der Waals surface area contributed by atoms with E-state index >= 15 is 0 Å². The van der Waals surface area contributed by atoms with Crippen LogP contribution in [0.5, 0.6) is 11.5 Å². The van der Waals surface area contributed by atoms with E-state index in [0.717, 1.165) is 16.7 Å². The molecule has 43 heavy (non-hydrogen) atoms. The zero-order valence-electron chi connectivity index (χ0n) is 24.7. The monoisotopic (exact) mass is 603 g/mol. The Morgan fingerprint density at radius 2 is 1.65 bits per heavy atom. The van der Waals surface area contributed by atoms with E-state index in [1.54, 1.807) is 19.1 Å². The second-order valence-corrected chi connectivity index (χ2v) is 10.3. The quantitative estimate of drug-likeness (QED) is 0.119. The molecule has 0 aromatic heterocycles. The van der Waals surface area contributed by atoms with Crippen LogP contribution in [0.15, 0.2) is 42.5 Å². The molecule has 13 heteroatoms. The molecule has 1 amide bonds.